The first-order valence-corrected chi connectivity index (χ1v) is 7.44. The Hall–Kier alpha value is -2.05. The van der Waals surface area contributed by atoms with E-state index in [9.17, 15) is 9.59 Å². The van der Waals surface area contributed by atoms with Crippen LogP contribution in [-0.2, 0) is 13.0 Å². The monoisotopic (exact) mass is 322 g/mol. The lowest BCUT2D eigenvalue weighted by molar-refractivity contribution is 0.0697. The van der Waals surface area contributed by atoms with Gasteiger partial charge in [-0.3, -0.25) is 4.57 Å². The third-order valence-electron chi connectivity index (χ3n) is 3.23. The topological polar surface area (TPSA) is 75.1 Å². The summed E-state index contributed by atoms with van der Waals surface area (Å²) in [4.78, 5) is 26.7. The number of nitrogens with zero attached hydrogens (tertiary/aromatic N) is 1. The summed E-state index contributed by atoms with van der Waals surface area (Å²) in [6.45, 7) is 0.516. The number of aromatic nitrogens is 2. The van der Waals surface area contributed by atoms with Crippen molar-refractivity contribution in [3.8, 4) is 0 Å². The SMILES string of the molecule is O=C(O)c1ccc2c(c1)[nH]c(=O)n2CCc1ccc(Cl)s1. The highest BCUT2D eigenvalue weighted by atomic mass is 35.5. The summed E-state index contributed by atoms with van der Waals surface area (Å²) < 4.78 is 2.33. The molecule has 0 amide bonds. The van der Waals surface area contributed by atoms with Crippen LogP contribution in [0.15, 0.2) is 35.1 Å². The van der Waals surface area contributed by atoms with Gasteiger partial charge in [0.2, 0.25) is 0 Å². The van der Waals surface area contributed by atoms with Gasteiger partial charge in [-0.15, -0.1) is 11.3 Å². The molecule has 0 bridgehead atoms. The van der Waals surface area contributed by atoms with E-state index in [1.54, 1.807) is 10.6 Å². The van der Waals surface area contributed by atoms with E-state index in [-0.39, 0.29) is 11.3 Å². The van der Waals surface area contributed by atoms with Crippen LogP contribution in [-0.4, -0.2) is 20.6 Å². The molecular weight excluding hydrogens is 312 g/mol. The molecule has 0 saturated carbocycles. The zero-order valence-corrected chi connectivity index (χ0v) is 12.4. The second-order valence-electron chi connectivity index (χ2n) is 4.57. The fourth-order valence-corrected chi connectivity index (χ4v) is 3.30. The highest BCUT2D eigenvalue weighted by molar-refractivity contribution is 7.16. The molecule has 0 aliphatic heterocycles. The highest BCUT2D eigenvalue weighted by Crippen LogP contribution is 2.22. The van der Waals surface area contributed by atoms with Crippen LogP contribution in [0.5, 0.6) is 0 Å². The van der Waals surface area contributed by atoms with Crippen LogP contribution in [0.2, 0.25) is 4.34 Å². The van der Waals surface area contributed by atoms with Crippen molar-refractivity contribution in [2.75, 3.05) is 0 Å². The average molecular weight is 323 g/mol. The Morgan fingerprint density at radius 3 is 2.81 bits per heavy atom. The predicted molar refractivity (Wildman–Crippen MR) is 82.6 cm³/mol. The maximum absolute atomic E-state index is 12.0. The van der Waals surface area contributed by atoms with E-state index in [1.807, 2.05) is 12.1 Å². The number of carboxylic acid groups (broad SMARTS) is 1. The smallest absolute Gasteiger partial charge is 0.335 e. The Morgan fingerprint density at radius 2 is 2.14 bits per heavy atom. The number of halogens is 1. The number of aromatic carboxylic acids is 1. The third kappa shape index (κ3) is 2.72. The molecule has 21 heavy (non-hydrogen) atoms. The van der Waals surface area contributed by atoms with Crippen molar-refractivity contribution in [3.05, 3.63) is 55.6 Å². The lowest BCUT2D eigenvalue weighted by atomic mass is 10.2. The van der Waals surface area contributed by atoms with Crippen LogP contribution in [0.1, 0.15) is 15.2 Å². The molecule has 0 atom stereocenters. The van der Waals surface area contributed by atoms with E-state index in [0.717, 1.165) is 9.21 Å². The van der Waals surface area contributed by atoms with Gasteiger partial charge in [-0.05, 0) is 36.8 Å². The van der Waals surface area contributed by atoms with Gasteiger partial charge in [0.15, 0.2) is 0 Å². The normalized spacial score (nSPS) is 11.1. The summed E-state index contributed by atoms with van der Waals surface area (Å²) >= 11 is 7.37. The van der Waals surface area contributed by atoms with Crippen LogP contribution in [0.4, 0.5) is 0 Å². The van der Waals surface area contributed by atoms with Crippen LogP contribution in [0.25, 0.3) is 11.0 Å². The number of carbonyl (C=O) groups is 1. The Kier molecular flexibility index (Phi) is 3.57. The molecule has 5 nitrogen and oxygen atoms in total. The molecule has 2 N–H and O–H groups in total. The molecule has 0 fully saturated rings. The first-order valence-electron chi connectivity index (χ1n) is 6.24. The van der Waals surface area contributed by atoms with Crippen molar-refractivity contribution in [2.24, 2.45) is 0 Å². The van der Waals surface area contributed by atoms with Crippen molar-refractivity contribution in [1.82, 2.24) is 9.55 Å². The number of rotatable bonds is 4. The number of hydrogen-bond donors (Lipinski definition) is 2. The predicted octanol–water partition coefficient (Wildman–Crippen LogP) is 2.99. The Morgan fingerprint density at radius 1 is 1.33 bits per heavy atom. The second-order valence-corrected chi connectivity index (χ2v) is 6.37. The molecule has 108 valence electrons. The van der Waals surface area contributed by atoms with Gasteiger partial charge in [0, 0.05) is 11.4 Å². The van der Waals surface area contributed by atoms with Crippen molar-refractivity contribution in [3.63, 3.8) is 0 Å². The summed E-state index contributed by atoms with van der Waals surface area (Å²) in [5.74, 6) is -1.02. The van der Waals surface area contributed by atoms with Gasteiger partial charge in [0.1, 0.15) is 0 Å². The van der Waals surface area contributed by atoms with Crippen LogP contribution in [0.3, 0.4) is 0 Å². The lowest BCUT2D eigenvalue weighted by Gasteiger charge is -2.02. The van der Waals surface area contributed by atoms with Crippen molar-refractivity contribution < 1.29 is 9.90 Å². The molecule has 1 aromatic carbocycles. The van der Waals surface area contributed by atoms with Crippen LogP contribution in [0, 0.1) is 0 Å². The zero-order chi connectivity index (χ0) is 15.0. The molecule has 0 radical (unpaired) electrons. The van der Waals surface area contributed by atoms with Crippen molar-refractivity contribution in [1.29, 1.82) is 0 Å². The second kappa shape index (κ2) is 5.38. The first-order chi connectivity index (χ1) is 10.0. The largest absolute Gasteiger partial charge is 0.478 e. The molecule has 3 rings (SSSR count). The van der Waals surface area contributed by atoms with Gasteiger partial charge in [-0.25, -0.2) is 9.59 Å². The average Bonchev–Trinajstić information content (AvgIpc) is 2.98. The number of benzene rings is 1. The molecule has 0 unspecified atom stereocenters. The van der Waals surface area contributed by atoms with E-state index < -0.39 is 5.97 Å². The number of aromatic amines is 1. The van der Waals surface area contributed by atoms with E-state index in [1.165, 1.54) is 23.5 Å². The number of hydrogen-bond acceptors (Lipinski definition) is 3. The number of nitrogens with one attached hydrogen (secondary N) is 1. The maximum atomic E-state index is 12.0. The molecule has 2 heterocycles. The fourth-order valence-electron chi connectivity index (χ4n) is 2.23. The van der Waals surface area contributed by atoms with Gasteiger partial charge in [-0.2, -0.15) is 0 Å². The fraction of sp³-hybridized carbons (Fsp3) is 0.143. The molecule has 0 aliphatic carbocycles. The van der Waals surface area contributed by atoms with Crippen molar-refractivity contribution in [2.45, 2.75) is 13.0 Å². The molecule has 0 spiro atoms. The zero-order valence-electron chi connectivity index (χ0n) is 10.8. The van der Waals surface area contributed by atoms with E-state index >= 15 is 0 Å². The lowest BCUT2D eigenvalue weighted by Crippen LogP contribution is -2.17. The molecule has 3 aromatic rings. The summed E-state index contributed by atoms with van der Waals surface area (Å²) in [6, 6.07) is 8.39. The number of H-pyrrole nitrogens is 1. The summed E-state index contributed by atoms with van der Waals surface area (Å²) in [7, 11) is 0. The summed E-state index contributed by atoms with van der Waals surface area (Å²) in [5, 5.41) is 8.96. The molecule has 2 aromatic heterocycles. The quantitative estimate of drug-likeness (QED) is 0.775. The van der Waals surface area contributed by atoms with Gasteiger partial charge >= 0.3 is 11.7 Å². The van der Waals surface area contributed by atoms with E-state index in [4.69, 9.17) is 16.7 Å². The van der Waals surface area contributed by atoms with Gasteiger partial charge in [-0.1, -0.05) is 11.6 Å². The molecule has 0 saturated heterocycles. The first kappa shape index (κ1) is 13.9. The minimum Gasteiger partial charge on any atom is -0.478 e. The third-order valence-corrected chi connectivity index (χ3v) is 4.52. The Labute approximate surface area is 128 Å². The molecule has 0 aliphatic rings. The number of imidazole rings is 1. The number of fused-ring (bicyclic) bond motifs is 1. The standard InChI is InChI=1S/C14H11ClN2O3S/c15-12-4-2-9(21-12)5-6-17-11-3-1-8(13(18)19)7-10(11)16-14(17)20/h1-4,7H,5-6H2,(H,16,20)(H,18,19). The summed E-state index contributed by atoms with van der Waals surface area (Å²) in [6.07, 6.45) is 0.699. The van der Waals surface area contributed by atoms with Crippen LogP contribution >= 0.6 is 22.9 Å². The number of aryl methyl sites for hydroxylation is 2. The van der Waals surface area contributed by atoms with Gasteiger partial charge < -0.3 is 10.1 Å². The van der Waals surface area contributed by atoms with Crippen LogP contribution < -0.4 is 5.69 Å². The van der Waals surface area contributed by atoms with Crippen molar-refractivity contribution >= 4 is 39.9 Å². The number of thiophene rings is 1. The van der Waals surface area contributed by atoms with E-state index in [0.29, 0.717) is 24.0 Å². The minimum atomic E-state index is -1.02. The maximum Gasteiger partial charge on any atom is 0.335 e. The Balaban J connectivity index is 1.93. The van der Waals surface area contributed by atoms with E-state index in [2.05, 4.69) is 4.98 Å². The minimum absolute atomic E-state index is 0.154. The van der Waals surface area contributed by atoms with Gasteiger partial charge in [0.05, 0.1) is 20.9 Å². The number of carboxylic acids is 1. The molecular formula is C14H11ClN2O3S. The summed E-state index contributed by atoms with van der Waals surface area (Å²) in [5.41, 5.74) is 1.15. The highest BCUT2D eigenvalue weighted by Gasteiger charge is 2.10. The molecule has 7 heteroatoms. The van der Waals surface area contributed by atoms with Gasteiger partial charge in [0.25, 0.3) is 0 Å². The Bertz CT molecular complexity index is 878.